The van der Waals surface area contributed by atoms with Crippen LogP contribution in [-0.2, 0) is 9.59 Å². The Morgan fingerprint density at radius 1 is 0.963 bits per heavy atom. The van der Waals surface area contributed by atoms with Crippen molar-refractivity contribution in [2.24, 2.45) is 0 Å². The van der Waals surface area contributed by atoms with Crippen molar-refractivity contribution in [2.75, 3.05) is 25.1 Å². The van der Waals surface area contributed by atoms with Crippen LogP contribution in [0.15, 0.2) is 48.2 Å². The minimum Gasteiger partial charge on any atom is -0.395 e. The zero-order valence-electron chi connectivity index (χ0n) is 14.2. The third-order valence-electron chi connectivity index (χ3n) is 4.17. The number of imide groups is 1. The van der Waals surface area contributed by atoms with Crippen LogP contribution >= 0.6 is 34.8 Å². The third-order valence-corrected chi connectivity index (χ3v) is 5.16. The smallest absolute Gasteiger partial charge is 0.282 e. The maximum absolute atomic E-state index is 13.2. The summed E-state index contributed by atoms with van der Waals surface area (Å²) in [6.45, 7) is 0.0306. The molecule has 0 atom stereocenters. The van der Waals surface area contributed by atoms with Crippen LogP contribution in [0.4, 0.5) is 5.69 Å². The summed E-state index contributed by atoms with van der Waals surface area (Å²) in [5.74, 6) is -0.986. The molecule has 8 heteroatoms. The molecule has 1 N–H and O–H groups in total. The summed E-state index contributed by atoms with van der Waals surface area (Å²) in [6, 6.07) is 11.2. The molecule has 2 aromatic carbocycles. The number of aliphatic hydroxyl groups excluding tert-OH is 1. The lowest BCUT2D eigenvalue weighted by atomic mass is 10.0. The SMILES string of the molecule is CN(CCO)C1=C(c2ccc(Cl)cc2)C(=O)N(c2ccc(Cl)c(Cl)c2)C1=O. The van der Waals surface area contributed by atoms with Crippen molar-refractivity contribution < 1.29 is 14.7 Å². The summed E-state index contributed by atoms with van der Waals surface area (Å²) in [6.07, 6.45) is 0. The number of nitrogens with zero attached hydrogens (tertiary/aromatic N) is 2. The normalized spacial score (nSPS) is 14.3. The predicted molar refractivity (Wildman–Crippen MR) is 107 cm³/mol. The van der Waals surface area contributed by atoms with E-state index in [-0.39, 0.29) is 29.4 Å². The molecule has 3 rings (SSSR count). The van der Waals surface area contributed by atoms with Gasteiger partial charge in [-0.25, -0.2) is 4.90 Å². The van der Waals surface area contributed by atoms with Crippen LogP contribution in [0.1, 0.15) is 5.56 Å². The molecule has 0 radical (unpaired) electrons. The van der Waals surface area contributed by atoms with Crippen molar-refractivity contribution in [3.8, 4) is 0 Å². The lowest BCUT2D eigenvalue weighted by Gasteiger charge is -2.20. The van der Waals surface area contributed by atoms with Gasteiger partial charge in [-0.05, 0) is 35.9 Å². The van der Waals surface area contributed by atoms with Gasteiger partial charge in [0.25, 0.3) is 11.8 Å². The van der Waals surface area contributed by atoms with Crippen molar-refractivity contribution in [3.63, 3.8) is 0 Å². The highest BCUT2D eigenvalue weighted by Crippen LogP contribution is 2.36. The van der Waals surface area contributed by atoms with E-state index in [1.54, 1.807) is 42.3 Å². The highest BCUT2D eigenvalue weighted by Gasteiger charge is 2.41. The second-order valence-electron chi connectivity index (χ2n) is 5.92. The molecule has 1 heterocycles. The summed E-state index contributed by atoms with van der Waals surface area (Å²) in [4.78, 5) is 28.9. The number of carbonyl (C=O) groups is 2. The fraction of sp³-hybridized carbons (Fsp3) is 0.158. The first kappa shape index (κ1) is 19.7. The lowest BCUT2D eigenvalue weighted by Crippen LogP contribution is -2.34. The van der Waals surface area contributed by atoms with Gasteiger partial charge in [-0.15, -0.1) is 0 Å². The Kier molecular flexibility index (Phi) is 5.77. The summed E-state index contributed by atoms with van der Waals surface area (Å²) in [7, 11) is 1.64. The predicted octanol–water partition coefficient (Wildman–Crippen LogP) is 3.86. The highest BCUT2D eigenvalue weighted by molar-refractivity contribution is 6.46. The molecular formula is C19H15Cl3N2O3. The number of hydrogen-bond acceptors (Lipinski definition) is 4. The van der Waals surface area contributed by atoms with Crippen LogP contribution < -0.4 is 4.90 Å². The first-order chi connectivity index (χ1) is 12.8. The molecule has 0 spiro atoms. The number of benzene rings is 2. The molecule has 2 amide bonds. The molecule has 0 unspecified atom stereocenters. The van der Waals surface area contributed by atoms with Crippen molar-refractivity contribution >= 4 is 57.9 Å². The van der Waals surface area contributed by atoms with Crippen molar-refractivity contribution in [1.29, 1.82) is 0 Å². The molecule has 0 bridgehead atoms. The monoisotopic (exact) mass is 424 g/mol. The Balaban J connectivity index is 2.13. The van der Waals surface area contributed by atoms with Gasteiger partial charge in [0.05, 0.1) is 27.9 Å². The average molecular weight is 426 g/mol. The Morgan fingerprint density at radius 3 is 2.22 bits per heavy atom. The minimum absolute atomic E-state index is 0.165. The van der Waals surface area contributed by atoms with Crippen molar-refractivity contribution in [3.05, 3.63) is 68.8 Å². The van der Waals surface area contributed by atoms with Gasteiger partial charge in [-0.1, -0.05) is 46.9 Å². The van der Waals surface area contributed by atoms with E-state index in [4.69, 9.17) is 34.8 Å². The van der Waals surface area contributed by atoms with Crippen LogP contribution in [0.2, 0.25) is 15.1 Å². The number of amides is 2. The highest BCUT2D eigenvalue weighted by atomic mass is 35.5. The molecule has 1 aliphatic heterocycles. The van der Waals surface area contributed by atoms with Gasteiger partial charge in [0.2, 0.25) is 0 Å². The molecule has 0 saturated heterocycles. The Labute approximate surface area is 171 Å². The Morgan fingerprint density at radius 2 is 1.63 bits per heavy atom. The van der Waals surface area contributed by atoms with E-state index in [9.17, 15) is 14.7 Å². The van der Waals surface area contributed by atoms with Crippen molar-refractivity contribution in [1.82, 2.24) is 4.90 Å². The van der Waals surface area contributed by atoms with Crippen LogP contribution in [-0.4, -0.2) is 42.0 Å². The maximum Gasteiger partial charge on any atom is 0.282 e. The molecular weight excluding hydrogens is 411 g/mol. The van der Waals surface area contributed by atoms with Gasteiger partial charge in [-0.3, -0.25) is 9.59 Å². The topological polar surface area (TPSA) is 60.9 Å². The summed E-state index contributed by atoms with van der Waals surface area (Å²) in [5, 5.41) is 10.3. The zero-order valence-corrected chi connectivity index (χ0v) is 16.5. The zero-order chi connectivity index (χ0) is 19.7. The Bertz CT molecular complexity index is 942. The molecule has 27 heavy (non-hydrogen) atoms. The van der Waals surface area contributed by atoms with Gasteiger partial charge in [-0.2, -0.15) is 0 Å². The number of anilines is 1. The quantitative estimate of drug-likeness (QED) is 0.739. The van der Waals surface area contributed by atoms with E-state index in [2.05, 4.69) is 0 Å². The molecule has 1 aliphatic rings. The van der Waals surface area contributed by atoms with E-state index in [0.717, 1.165) is 4.90 Å². The molecule has 0 aliphatic carbocycles. The van der Waals surface area contributed by atoms with Gasteiger partial charge in [0, 0.05) is 18.6 Å². The molecule has 0 saturated carbocycles. The summed E-state index contributed by atoms with van der Waals surface area (Å²) in [5.41, 5.74) is 1.31. The molecule has 2 aromatic rings. The number of halogens is 3. The van der Waals surface area contributed by atoms with Crippen LogP contribution in [0.5, 0.6) is 0 Å². The molecule has 0 fully saturated rings. The number of hydrogen-bond donors (Lipinski definition) is 1. The van der Waals surface area contributed by atoms with Crippen LogP contribution in [0.3, 0.4) is 0 Å². The van der Waals surface area contributed by atoms with Gasteiger partial charge < -0.3 is 10.0 Å². The number of likely N-dealkylation sites (N-methyl/N-ethyl adjacent to an activating group) is 1. The molecule has 5 nitrogen and oxygen atoms in total. The largest absolute Gasteiger partial charge is 0.395 e. The molecule has 140 valence electrons. The second kappa shape index (κ2) is 7.90. The molecule has 0 aromatic heterocycles. The second-order valence-corrected chi connectivity index (χ2v) is 7.17. The van der Waals surface area contributed by atoms with Crippen LogP contribution in [0, 0.1) is 0 Å². The summed E-state index contributed by atoms with van der Waals surface area (Å²) >= 11 is 17.9. The maximum atomic E-state index is 13.2. The Hall–Kier alpha value is -2.05. The van der Waals surface area contributed by atoms with E-state index in [1.165, 1.54) is 12.1 Å². The average Bonchev–Trinajstić information content (AvgIpc) is 2.89. The fourth-order valence-electron chi connectivity index (χ4n) is 2.87. The standard InChI is InChI=1S/C19H15Cl3N2O3/c1-23(8-9-25)17-16(11-2-4-12(20)5-3-11)18(26)24(19(17)27)13-6-7-14(21)15(22)10-13/h2-7,10,25H,8-9H2,1H3. The van der Waals surface area contributed by atoms with Gasteiger partial charge in [0.1, 0.15) is 5.70 Å². The summed E-state index contributed by atoms with van der Waals surface area (Å²) < 4.78 is 0. The first-order valence-electron chi connectivity index (χ1n) is 8.01. The number of carbonyl (C=O) groups excluding carboxylic acids is 2. The first-order valence-corrected chi connectivity index (χ1v) is 9.14. The lowest BCUT2D eigenvalue weighted by molar-refractivity contribution is -0.120. The van der Waals surface area contributed by atoms with E-state index < -0.39 is 11.8 Å². The van der Waals surface area contributed by atoms with Crippen molar-refractivity contribution in [2.45, 2.75) is 0 Å². The van der Waals surface area contributed by atoms with Crippen LogP contribution in [0.25, 0.3) is 5.57 Å². The van der Waals surface area contributed by atoms with E-state index in [1.807, 2.05) is 0 Å². The number of aliphatic hydroxyl groups is 1. The fourth-order valence-corrected chi connectivity index (χ4v) is 3.29. The van der Waals surface area contributed by atoms with Gasteiger partial charge >= 0.3 is 0 Å². The van der Waals surface area contributed by atoms with E-state index >= 15 is 0 Å². The third kappa shape index (κ3) is 3.69. The van der Waals surface area contributed by atoms with E-state index in [0.29, 0.717) is 21.3 Å². The minimum atomic E-state index is -0.501. The number of rotatable bonds is 5. The van der Waals surface area contributed by atoms with Gasteiger partial charge in [0.15, 0.2) is 0 Å².